The zero-order valence-corrected chi connectivity index (χ0v) is 13.5. The summed E-state index contributed by atoms with van der Waals surface area (Å²) < 4.78 is 37.1. The summed E-state index contributed by atoms with van der Waals surface area (Å²) in [5, 5.41) is 0. The lowest BCUT2D eigenvalue weighted by Gasteiger charge is -2.17. The second-order valence-electron chi connectivity index (χ2n) is 5.26. The van der Waals surface area contributed by atoms with Gasteiger partial charge in [-0.1, -0.05) is 0 Å². The number of halogens is 3. The van der Waals surface area contributed by atoms with Crippen LogP contribution in [0.5, 0.6) is 0 Å². The Morgan fingerprint density at radius 3 is 2.28 bits per heavy atom. The zero-order chi connectivity index (χ0) is 18.0. The number of anilines is 1. The van der Waals surface area contributed by atoms with Gasteiger partial charge in [0.05, 0.1) is 5.69 Å². The quantitative estimate of drug-likeness (QED) is 0.611. The van der Waals surface area contributed by atoms with Crippen molar-refractivity contribution < 1.29 is 22.8 Å². The number of aromatic nitrogens is 1. The topological polar surface area (TPSA) is 53.5 Å². The molecule has 0 atom stereocenters. The Bertz CT molecular complexity index is 781. The van der Waals surface area contributed by atoms with Crippen LogP contribution in [0.2, 0.25) is 0 Å². The summed E-state index contributed by atoms with van der Waals surface area (Å²) in [6.07, 6.45) is 3.18. The fourth-order valence-electron chi connectivity index (χ4n) is 2.43. The van der Waals surface area contributed by atoms with Gasteiger partial charge in [0.2, 0.25) is 0 Å². The Labute approximate surface area is 145 Å². The van der Waals surface area contributed by atoms with E-state index < -0.39 is 17.4 Å². The molecule has 0 spiro atoms. The molecule has 1 aliphatic heterocycles. The Hall–Kier alpha value is -2.55. The molecule has 0 saturated carbocycles. The highest BCUT2D eigenvalue weighted by atomic mass is 32.2. The Kier molecular flexibility index (Phi) is 4.67. The van der Waals surface area contributed by atoms with E-state index in [2.05, 4.69) is 4.98 Å². The van der Waals surface area contributed by atoms with E-state index >= 15 is 0 Å². The second-order valence-corrected chi connectivity index (χ2v) is 6.40. The van der Waals surface area contributed by atoms with Crippen molar-refractivity contribution in [3.63, 3.8) is 0 Å². The fourth-order valence-corrected chi connectivity index (χ4v) is 2.97. The van der Waals surface area contributed by atoms with E-state index in [9.17, 15) is 22.8 Å². The average molecular weight is 367 g/mol. The van der Waals surface area contributed by atoms with Gasteiger partial charge in [0.25, 0.3) is 5.91 Å². The van der Waals surface area contributed by atoms with Gasteiger partial charge in [0.1, 0.15) is 6.54 Å². The predicted molar refractivity (Wildman–Crippen MR) is 85.9 cm³/mol. The van der Waals surface area contributed by atoms with Crippen LogP contribution in [0.15, 0.2) is 53.7 Å². The van der Waals surface area contributed by atoms with Crippen LogP contribution in [0.4, 0.5) is 23.7 Å². The summed E-state index contributed by atoms with van der Waals surface area (Å²) in [6.45, 7) is 0.172. The summed E-state index contributed by atoms with van der Waals surface area (Å²) in [5.41, 5.74) is -3.31. The minimum Gasteiger partial charge on any atom is -0.310 e. The molecule has 2 aromatic rings. The highest BCUT2D eigenvalue weighted by Crippen LogP contribution is 2.37. The molecule has 25 heavy (non-hydrogen) atoms. The van der Waals surface area contributed by atoms with Gasteiger partial charge < -0.3 is 4.90 Å². The first-order valence-corrected chi connectivity index (χ1v) is 8.02. The van der Waals surface area contributed by atoms with E-state index in [-0.39, 0.29) is 35.4 Å². The summed E-state index contributed by atoms with van der Waals surface area (Å²) in [4.78, 5) is 30.9. The lowest BCUT2D eigenvalue weighted by Crippen LogP contribution is -2.32. The van der Waals surface area contributed by atoms with Gasteiger partial charge in [-0.25, -0.2) is 9.69 Å². The molecule has 0 N–H and O–H groups in total. The summed E-state index contributed by atoms with van der Waals surface area (Å²) >= 11 is -0.249. The van der Waals surface area contributed by atoms with Crippen LogP contribution < -0.4 is 4.90 Å². The van der Waals surface area contributed by atoms with Crippen LogP contribution in [0.3, 0.4) is 0 Å². The maximum atomic E-state index is 12.5. The van der Waals surface area contributed by atoms with Crippen molar-refractivity contribution >= 4 is 29.4 Å². The molecule has 2 heterocycles. The minimum absolute atomic E-state index is 0.0102. The first kappa shape index (κ1) is 17.3. The summed E-state index contributed by atoms with van der Waals surface area (Å²) in [7, 11) is 0. The fraction of sp³-hybridized carbons (Fsp3) is 0.188. The normalized spacial score (nSPS) is 15.2. The molecule has 1 aromatic carbocycles. The van der Waals surface area contributed by atoms with Crippen LogP contribution in [0, 0.1) is 0 Å². The van der Waals surface area contributed by atoms with Gasteiger partial charge in [-0.2, -0.15) is 13.2 Å². The van der Waals surface area contributed by atoms with Crippen LogP contribution in [-0.4, -0.2) is 33.9 Å². The van der Waals surface area contributed by atoms with Crippen molar-refractivity contribution in [2.75, 3.05) is 11.4 Å². The number of nitrogens with zero attached hydrogens (tertiary/aromatic N) is 3. The molecule has 0 aliphatic carbocycles. The molecule has 0 radical (unpaired) electrons. The van der Waals surface area contributed by atoms with E-state index in [1.165, 1.54) is 29.2 Å². The summed E-state index contributed by atoms with van der Waals surface area (Å²) in [5.74, 6) is -0.421. The number of benzene rings is 1. The van der Waals surface area contributed by atoms with E-state index in [0.29, 0.717) is 0 Å². The number of rotatable bonds is 4. The van der Waals surface area contributed by atoms with Crippen molar-refractivity contribution in [2.45, 2.75) is 16.9 Å². The monoisotopic (exact) mass is 367 g/mol. The van der Waals surface area contributed by atoms with Crippen LogP contribution in [0.1, 0.15) is 5.56 Å². The van der Waals surface area contributed by atoms with Gasteiger partial charge >= 0.3 is 11.5 Å². The number of carbonyl (C=O) groups excluding carboxylic acids is 2. The van der Waals surface area contributed by atoms with Crippen molar-refractivity contribution in [2.24, 2.45) is 0 Å². The number of carbonyl (C=O) groups is 2. The largest absolute Gasteiger partial charge is 0.446 e. The number of amides is 3. The molecule has 1 aromatic heterocycles. The number of urea groups is 1. The second kappa shape index (κ2) is 6.75. The molecule has 9 heteroatoms. The number of alkyl halides is 3. The number of hydrogen-bond acceptors (Lipinski definition) is 4. The Morgan fingerprint density at radius 1 is 1.04 bits per heavy atom. The molecule has 3 amide bonds. The lowest BCUT2D eigenvalue weighted by atomic mass is 10.2. The standard InChI is InChI=1S/C16H12F3N3O2S/c17-16(18,19)25-13-3-1-12(2-4-13)22-14(23)10-21(15(22)24)9-11-5-7-20-8-6-11/h1-8H,9-10H2. The average Bonchev–Trinajstić information content (AvgIpc) is 2.82. The van der Waals surface area contributed by atoms with E-state index in [1.54, 1.807) is 24.5 Å². The maximum absolute atomic E-state index is 12.5. The van der Waals surface area contributed by atoms with Crippen molar-refractivity contribution in [1.82, 2.24) is 9.88 Å². The molecule has 130 valence electrons. The third-order valence-electron chi connectivity index (χ3n) is 3.49. The Morgan fingerprint density at radius 2 is 1.68 bits per heavy atom. The van der Waals surface area contributed by atoms with Gasteiger partial charge in [0, 0.05) is 23.8 Å². The molecule has 5 nitrogen and oxygen atoms in total. The molecular weight excluding hydrogens is 355 g/mol. The van der Waals surface area contributed by atoms with Crippen LogP contribution in [-0.2, 0) is 11.3 Å². The predicted octanol–water partition coefficient (Wildman–Crippen LogP) is 3.66. The van der Waals surface area contributed by atoms with Crippen LogP contribution >= 0.6 is 11.8 Å². The smallest absolute Gasteiger partial charge is 0.310 e. The van der Waals surface area contributed by atoms with E-state index in [4.69, 9.17) is 0 Å². The highest BCUT2D eigenvalue weighted by molar-refractivity contribution is 8.00. The molecule has 1 fully saturated rings. The highest BCUT2D eigenvalue weighted by Gasteiger charge is 2.37. The molecule has 1 saturated heterocycles. The van der Waals surface area contributed by atoms with Crippen molar-refractivity contribution in [1.29, 1.82) is 0 Å². The SMILES string of the molecule is O=C1CN(Cc2ccncc2)C(=O)N1c1ccc(SC(F)(F)F)cc1. The third-order valence-corrected chi connectivity index (χ3v) is 4.23. The number of hydrogen-bond donors (Lipinski definition) is 0. The lowest BCUT2D eigenvalue weighted by molar-refractivity contribution is -0.116. The first-order valence-electron chi connectivity index (χ1n) is 7.20. The van der Waals surface area contributed by atoms with Crippen molar-refractivity contribution in [3.05, 3.63) is 54.4 Å². The van der Waals surface area contributed by atoms with Crippen LogP contribution in [0.25, 0.3) is 0 Å². The van der Waals surface area contributed by atoms with E-state index in [1.807, 2.05) is 0 Å². The molecule has 1 aliphatic rings. The third kappa shape index (κ3) is 4.11. The van der Waals surface area contributed by atoms with Gasteiger partial charge in [0.15, 0.2) is 0 Å². The molecule has 0 unspecified atom stereocenters. The number of imide groups is 1. The first-order chi connectivity index (χ1) is 11.8. The molecule has 3 rings (SSSR count). The van der Waals surface area contributed by atoms with Gasteiger partial charge in [-0.3, -0.25) is 9.78 Å². The molecule has 0 bridgehead atoms. The Balaban J connectivity index is 1.74. The zero-order valence-electron chi connectivity index (χ0n) is 12.7. The summed E-state index contributed by atoms with van der Waals surface area (Å²) in [6, 6.07) is 8.12. The van der Waals surface area contributed by atoms with Crippen molar-refractivity contribution in [3.8, 4) is 0 Å². The van der Waals surface area contributed by atoms with E-state index in [0.717, 1.165) is 10.5 Å². The maximum Gasteiger partial charge on any atom is 0.446 e. The number of thioether (sulfide) groups is 1. The van der Waals surface area contributed by atoms with Gasteiger partial charge in [-0.05, 0) is 53.7 Å². The molecular formula is C16H12F3N3O2S. The number of pyridine rings is 1. The minimum atomic E-state index is -4.39. The van der Waals surface area contributed by atoms with Gasteiger partial charge in [-0.15, -0.1) is 0 Å².